The minimum Gasteiger partial charge on any atom is -0.361 e. The largest absolute Gasteiger partial charge is 0.361 e. The Labute approximate surface area is 160 Å². The van der Waals surface area contributed by atoms with E-state index in [1.807, 2.05) is 18.3 Å². The topological polar surface area (TPSA) is 73.9 Å². The Bertz CT molecular complexity index is 883. The van der Waals surface area contributed by atoms with E-state index in [1.165, 1.54) is 10.9 Å². The molecule has 0 saturated heterocycles. The number of carbonyl (C=O) groups is 1. The lowest BCUT2D eigenvalue weighted by atomic mass is 10.1. The monoisotopic (exact) mass is 365 g/mol. The zero-order chi connectivity index (χ0) is 19.1. The van der Waals surface area contributed by atoms with Crippen LogP contribution in [-0.4, -0.2) is 40.5 Å². The molecule has 2 heterocycles. The van der Waals surface area contributed by atoms with E-state index in [0.717, 1.165) is 37.9 Å². The Morgan fingerprint density at radius 2 is 1.93 bits per heavy atom. The summed E-state index contributed by atoms with van der Waals surface area (Å²) in [5, 5.41) is 4.17. The fourth-order valence-corrected chi connectivity index (χ4v) is 3.22. The fraction of sp³-hybridized carbons (Fsp3) is 0.381. The van der Waals surface area contributed by atoms with E-state index in [-0.39, 0.29) is 5.91 Å². The first-order chi connectivity index (χ1) is 13.2. The van der Waals surface area contributed by atoms with E-state index in [1.54, 1.807) is 12.3 Å². The van der Waals surface area contributed by atoms with Crippen molar-refractivity contribution in [1.29, 1.82) is 0 Å². The average molecular weight is 365 g/mol. The number of hydrogen-bond donors (Lipinski definition) is 2. The summed E-state index contributed by atoms with van der Waals surface area (Å²) >= 11 is 0. The Hall–Kier alpha value is -2.89. The van der Waals surface area contributed by atoms with Crippen molar-refractivity contribution in [3.05, 3.63) is 54.0 Å². The molecular weight excluding hydrogens is 338 g/mol. The van der Waals surface area contributed by atoms with Crippen LogP contribution < -0.4 is 10.2 Å². The Morgan fingerprint density at radius 3 is 2.70 bits per heavy atom. The molecule has 0 saturated carbocycles. The number of fused-ring (bicyclic) bond motifs is 1. The number of nitrogens with zero attached hydrogens (tertiary/aromatic N) is 3. The zero-order valence-electron chi connectivity index (χ0n) is 16.0. The lowest BCUT2D eigenvalue weighted by Gasteiger charge is -2.21. The molecule has 0 aliphatic carbocycles. The second-order valence-corrected chi connectivity index (χ2v) is 6.59. The van der Waals surface area contributed by atoms with Gasteiger partial charge in [0.05, 0.1) is 0 Å². The van der Waals surface area contributed by atoms with Gasteiger partial charge in [0.25, 0.3) is 5.91 Å². The molecule has 2 N–H and O–H groups in total. The third-order valence-corrected chi connectivity index (χ3v) is 4.50. The van der Waals surface area contributed by atoms with Gasteiger partial charge in [-0.3, -0.25) is 4.79 Å². The maximum Gasteiger partial charge on any atom is 0.270 e. The first kappa shape index (κ1) is 18.9. The molecule has 0 radical (unpaired) electrons. The summed E-state index contributed by atoms with van der Waals surface area (Å²) in [6.45, 7) is 6.60. The van der Waals surface area contributed by atoms with Crippen LogP contribution in [0.1, 0.15) is 42.7 Å². The van der Waals surface area contributed by atoms with Gasteiger partial charge in [0.15, 0.2) is 0 Å². The third kappa shape index (κ3) is 4.64. The standard InChI is InChI=1S/C21H27N5O/c1-3-13-26(14-4-2)21-23-12-10-19(25-21)20(27)22-11-9-16-15-24-18-8-6-5-7-17(16)18/h5-8,10,12,15,24H,3-4,9,11,13-14H2,1-2H3,(H,22,27). The van der Waals surface area contributed by atoms with Crippen LogP contribution in [0.2, 0.25) is 0 Å². The van der Waals surface area contributed by atoms with Crippen molar-refractivity contribution in [1.82, 2.24) is 20.3 Å². The van der Waals surface area contributed by atoms with Crippen LogP contribution in [0.3, 0.4) is 0 Å². The lowest BCUT2D eigenvalue weighted by Crippen LogP contribution is -2.30. The van der Waals surface area contributed by atoms with Crippen LogP contribution in [0.5, 0.6) is 0 Å². The van der Waals surface area contributed by atoms with E-state index in [2.05, 4.69) is 51.1 Å². The normalized spacial score (nSPS) is 10.9. The van der Waals surface area contributed by atoms with E-state index < -0.39 is 0 Å². The van der Waals surface area contributed by atoms with Crippen LogP contribution >= 0.6 is 0 Å². The number of amides is 1. The molecule has 3 rings (SSSR count). The second kappa shape index (κ2) is 9.16. The minimum atomic E-state index is -0.161. The average Bonchev–Trinajstić information content (AvgIpc) is 3.11. The molecule has 0 aliphatic rings. The van der Waals surface area contributed by atoms with Crippen molar-refractivity contribution in [2.24, 2.45) is 0 Å². The highest BCUT2D eigenvalue weighted by Crippen LogP contribution is 2.17. The van der Waals surface area contributed by atoms with Gasteiger partial charge in [-0.25, -0.2) is 9.97 Å². The van der Waals surface area contributed by atoms with E-state index >= 15 is 0 Å². The number of benzene rings is 1. The molecule has 0 atom stereocenters. The number of rotatable bonds is 9. The van der Waals surface area contributed by atoms with Crippen LogP contribution in [0.25, 0.3) is 10.9 Å². The predicted molar refractivity (Wildman–Crippen MR) is 109 cm³/mol. The first-order valence-corrected chi connectivity index (χ1v) is 9.64. The number of nitrogens with one attached hydrogen (secondary N) is 2. The molecule has 6 heteroatoms. The lowest BCUT2D eigenvalue weighted by molar-refractivity contribution is 0.0949. The highest BCUT2D eigenvalue weighted by molar-refractivity contribution is 5.92. The third-order valence-electron chi connectivity index (χ3n) is 4.50. The van der Waals surface area contributed by atoms with Gasteiger partial charge in [-0.05, 0) is 37.0 Å². The first-order valence-electron chi connectivity index (χ1n) is 9.64. The number of H-pyrrole nitrogens is 1. The molecule has 0 unspecified atom stereocenters. The summed E-state index contributed by atoms with van der Waals surface area (Å²) in [7, 11) is 0. The summed E-state index contributed by atoms with van der Waals surface area (Å²) < 4.78 is 0. The van der Waals surface area contributed by atoms with Crippen LogP contribution in [0.4, 0.5) is 5.95 Å². The molecule has 27 heavy (non-hydrogen) atoms. The van der Waals surface area contributed by atoms with Gasteiger partial charge in [0, 0.05) is 42.9 Å². The molecule has 2 aromatic heterocycles. The highest BCUT2D eigenvalue weighted by atomic mass is 16.1. The number of hydrogen-bond acceptors (Lipinski definition) is 4. The maximum absolute atomic E-state index is 12.5. The van der Waals surface area contributed by atoms with Gasteiger partial charge < -0.3 is 15.2 Å². The molecule has 0 aliphatic heterocycles. The Kier molecular flexibility index (Phi) is 6.41. The smallest absolute Gasteiger partial charge is 0.270 e. The number of aromatic amines is 1. The van der Waals surface area contributed by atoms with Crippen molar-refractivity contribution >= 4 is 22.8 Å². The van der Waals surface area contributed by atoms with Gasteiger partial charge in [-0.2, -0.15) is 0 Å². The summed E-state index contributed by atoms with van der Waals surface area (Å²) in [5.41, 5.74) is 2.73. The summed E-state index contributed by atoms with van der Waals surface area (Å²) in [6.07, 6.45) is 6.47. The summed E-state index contributed by atoms with van der Waals surface area (Å²) in [4.78, 5) is 26.7. The van der Waals surface area contributed by atoms with Crippen LogP contribution in [0.15, 0.2) is 42.7 Å². The molecule has 142 valence electrons. The maximum atomic E-state index is 12.5. The van der Waals surface area contributed by atoms with Gasteiger partial charge in [-0.15, -0.1) is 0 Å². The van der Waals surface area contributed by atoms with Crippen LogP contribution in [-0.2, 0) is 6.42 Å². The molecule has 0 bridgehead atoms. The zero-order valence-corrected chi connectivity index (χ0v) is 16.0. The Balaban J connectivity index is 1.61. The van der Waals surface area contributed by atoms with Gasteiger partial charge >= 0.3 is 0 Å². The summed E-state index contributed by atoms with van der Waals surface area (Å²) in [5.74, 6) is 0.467. The van der Waals surface area contributed by atoms with Crippen molar-refractivity contribution in [3.63, 3.8) is 0 Å². The van der Waals surface area contributed by atoms with Gasteiger partial charge in [-0.1, -0.05) is 32.0 Å². The van der Waals surface area contributed by atoms with Crippen LogP contribution in [0, 0.1) is 0 Å². The quantitative estimate of drug-likeness (QED) is 0.608. The molecule has 0 fully saturated rings. The van der Waals surface area contributed by atoms with E-state index in [0.29, 0.717) is 18.2 Å². The van der Waals surface area contributed by atoms with Crippen molar-refractivity contribution in [3.8, 4) is 0 Å². The summed E-state index contributed by atoms with van der Waals surface area (Å²) in [6, 6.07) is 9.85. The molecule has 0 spiro atoms. The van der Waals surface area contributed by atoms with E-state index in [9.17, 15) is 4.79 Å². The molecule has 6 nitrogen and oxygen atoms in total. The van der Waals surface area contributed by atoms with Crippen molar-refractivity contribution < 1.29 is 4.79 Å². The molecule has 1 aromatic carbocycles. The van der Waals surface area contributed by atoms with Gasteiger partial charge in [0.2, 0.25) is 5.95 Å². The predicted octanol–water partition coefficient (Wildman–Crippen LogP) is 3.56. The highest BCUT2D eigenvalue weighted by Gasteiger charge is 2.13. The van der Waals surface area contributed by atoms with Crippen molar-refractivity contribution in [2.45, 2.75) is 33.1 Å². The van der Waals surface area contributed by atoms with Gasteiger partial charge in [0.1, 0.15) is 5.69 Å². The molecular formula is C21H27N5O. The number of anilines is 1. The number of carbonyl (C=O) groups excluding carboxylic acids is 1. The molecule has 1 amide bonds. The number of para-hydroxylation sites is 1. The van der Waals surface area contributed by atoms with Crippen molar-refractivity contribution in [2.75, 3.05) is 24.5 Å². The molecule has 3 aromatic rings. The SMILES string of the molecule is CCCN(CCC)c1nccc(C(=O)NCCc2c[nH]c3ccccc23)n1. The number of aromatic nitrogens is 3. The van der Waals surface area contributed by atoms with E-state index in [4.69, 9.17) is 0 Å². The fourth-order valence-electron chi connectivity index (χ4n) is 3.22. The Morgan fingerprint density at radius 1 is 1.15 bits per heavy atom. The minimum absolute atomic E-state index is 0.161. The second-order valence-electron chi connectivity index (χ2n) is 6.59.